The van der Waals surface area contributed by atoms with E-state index in [2.05, 4.69) is 10.4 Å². The smallest absolute Gasteiger partial charge is 0.388 e. The Labute approximate surface area is 188 Å². The summed E-state index contributed by atoms with van der Waals surface area (Å²) in [5.41, 5.74) is 3.94. The Morgan fingerprint density at radius 3 is 2.47 bits per heavy atom. The van der Waals surface area contributed by atoms with Gasteiger partial charge in [0.25, 0.3) is 5.91 Å². The molecule has 0 unspecified atom stereocenters. The number of anilines is 1. The van der Waals surface area contributed by atoms with Crippen molar-refractivity contribution in [3.8, 4) is 22.6 Å². The van der Waals surface area contributed by atoms with E-state index in [0.717, 1.165) is 27.8 Å². The highest BCUT2D eigenvalue weighted by molar-refractivity contribution is 6.34. The molecule has 0 saturated heterocycles. The van der Waals surface area contributed by atoms with Crippen LogP contribution in [0.1, 0.15) is 22.8 Å². The van der Waals surface area contributed by atoms with Gasteiger partial charge in [0.15, 0.2) is 0 Å². The average molecular weight is 452 g/mol. The first kappa shape index (κ1) is 21.5. The molecule has 6 nitrogen and oxygen atoms in total. The van der Waals surface area contributed by atoms with Gasteiger partial charge in [-0.1, -0.05) is 42.8 Å². The molecule has 8 heteroatoms. The van der Waals surface area contributed by atoms with Crippen LogP contribution in [0.5, 0.6) is 0 Å². The van der Waals surface area contributed by atoms with Gasteiger partial charge in [-0.05, 0) is 59.5 Å². The number of carbonyl (C=O) groups is 1. The number of aromatic nitrogens is 2. The summed E-state index contributed by atoms with van der Waals surface area (Å²) in [5.74, 6) is -1.59. The van der Waals surface area contributed by atoms with Crippen LogP contribution in [0.15, 0.2) is 69.9 Å². The molecule has 0 saturated carbocycles. The van der Waals surface area contributed by atoms with E-state index in [9.17, 15) is 14.0 Å². The molecule has 0 fully saturated rings. The Bertz CT molecular complexity index is 1340. The van der Waals surface area contributed by atoms with Gasteiger partial charge < -0.3 is 9.73 Å². The third-order valence-corrected chi connectivity index (χ3v) is 5.39. The predicted molar refractivity (Wildman–Crippen MR) is 121 cm³/mol. The number of nitrogens with one attached hydrogen (secondary N) is 1. The van der Waals surface area contributed by atoms with Crippen molar-refractivity contribution in [3.05, 3.63) is 93.2 Å². The van der Waals surface area contributed by atoms with E-state index in [1.807, 2.05) is 37.3 Å². The largest absolute Gasteiger partial charge is 0.437 e. The maximum atomic E-state index is 14.0. The first-order valence-corrected chi connectivity index (χ1v) is 10.3. The molecule has 0 radical (unpaired) electrons. The van der Waals surface area contributed by atoms with E-state index >= 15 is 0 Å². The first-order valence-electron chi connectivity index (χ1n) is 9.90. The highest BCUT2D eigenvalue weighted by atomic mass is 35.5. The van der Waals surface area contributed by atoms with E-state index in [0.29, 0.717) is 11.3 Å². The molecule has 0 aliphatic heterocycles. The van der Waals surface area contributed by atoms with Gasteiger partial charge in [-0.15, -0.1) is 5.10 Å². The number of carbonyl (C=O) groups excluding carboxylic acids is 1. The molecule has 1 heterocycles. The van der Waals surface area contributed by atoms with Crippen molar-refractivity contribution in [3.63, 3.8) is 0 Å². The lowest BCUT2D eigenvalue weighted by Gasteiger charge is -2.12. The maximum absolute atomic E-state index is 14.0. The van der Waals surface area contributed by atoms with Crippen molar-refractivity contribution >= 4 is 23.2 Å². The van der Waals surface area contributed by atoms with Crippen molar-refractivity contribution in [2.45, 2.75) is 13.3 Å². The van der Waals surface area contributed by atoms with Crippen LogP contribution in [0.3, 0.4) is 0 Å². The molecule has 4 aromatic rings. The van der Waals surface area contributed by atoms with Gasteiger partial charge in [0.1, 0.15) is 5.82 Å². The van der Waals surface area contributed by atoms with E-state index < -0.39 is 17.5 Å². The van der Waals surface area contributed by atoms with Crippen LogP contribution in [0, 0.1) is 5.82 Å². The Morgan fingerprint density at radius 1 is 1.12 bits per heavy atom. The molecule has 162 valence electrons. The molecule has 0 atom stereocenters. The van der Waals surface area contributed by atoms with Gasteiger partial charge in [0.2, 0.25) is 5.89 Å². The second kappa shape index (κ2) is 8.80. The lowest BCUT2D eigenvalue weighted by Crippen LogP contribution is -2.14. The lowest BCUT2D eigenvalue weighted by molar-refractivity contribution is 0.102. The normalized spacial score (nSPS) is 10.9. The molecule has 32 heavy (non-hydrogen) atoms. The number of hydrogen-bond acceptors (Lipinski definition) is 4. The average Bonchev–Trinajstić information content (AvgIpc) is 3.12. The van der Waals surface area contributed by atoms with Gasteiger partial charge in [0.05, 0.1) is 10.6 Å². The number of amides is 1. The fraction of sp³-hybridized carbons (Fsp3) is 0.125. The van der Waals surface area contributed by atoms with Crippen LogP contribution >= 0.6 is 11.6 Å². The summed E-state index contributed by atoms with van der Waals surface area (Å²) in [4.78, 5) is 24.1. The maximum Gasteiger partial charge on any atom is 0.437 e. The quantitative estimate of drug-likeness (QED) is 0.446. The third-order valence-electron chi connectivity index (χ3n) is 5.07. The zero-order chi connectivity index (χ0) is 22.8. The van der Waals surface area contributed by atoms with Crippen LogP contribution in [0.25, 0.3) is 22.6 Å². The van der Waals surface area contributed by atoms with Crippen molar-refractivity contribution in [2.24, 2.45) is 7.05 Å². The van der Waals surface area contributed by atoms with Crippen LogP contribution in [0.2, 0.25) is 5.02 Å². The zero-order valence-electron chi connectivity index (χ0n) is 17.4. The minimum Gasteiger partial charge on any atom is -0.388 e. The minimum atomic E-state index is -0.683. The molecule has 0 bridgehead atoms. The van der Waals surface area contributed by atoms with Gasteiger partial charge in [-0.25, -0.2) is 9.18 Å². The summed E-state index contributed by atoms with van der Waals surface area (Å²) in [7, 11) is 1.53. The Morgan fingerprint density at radius 2 is 1.84 bits per heavy atom. The molecular formula is C24H19ClFN3O3. The van der Waals surface area contributed by atoms with E-state index in [1.165, 1.54) is 25.2 Å². The molecule has 4 rings (SSSR count). The Kier molecular flexibility index (Phi) is 5.92. The van der Waals surface area contributed by atoms with Gasteiger partial charge >= 0.3 is 5.76 Å². The Balaban J connectivity index is 1.63. The molecular weight excluding hydrogens is 433 g/mol. The summed E-state index contributed by atoms with van der Waals surface area (Å²) in [6.07, 6.45) is 0.798. The lowest BCUT2D eigenvalue weighted by atomic mass is 9.95. The number of rotatable bonds is 5. The van der Waals surface area contributed by atoms with E-state index in [1.54, 1.807) is 12.1 Å². The molecule has 1 amide bonds. The van der Waals surface area contributed by atoms with E-state index in [4.69, 9.17) is 16.0 Å². The monoisotopic (exact) mass is 451 g/mol. The molecule has 1 N–H and O–H groups in total. The summed E-state index contributed by atoms with van der Waals surface area (Å²) in [6.45, 7) is 2.05. The van der Waals surface area contributed by atoms with E-state index in [-0.39, 0.29) is 16.5 Å². The predicted octanol–water partition coefficient (Wildman–Crippen LogP) is 5.31. The number of aryl methyl sites for hydroxylation is 2. The van der Waals surface area contributed by atoms with Crippen molar-refractivity contribution in [1.82, 2.24) is 9.78 Å². The molecule has 3 aromatic carbocycles. The summed E-state index contributed by atoms with van der Waals surface area (Å²) in [6, 6.07) is 17.0. The molecule has 1 aromatic heterocycles. The third kappa shape index (κ3) is 4.20. The van der Waals surface area contributed by atoms with Gasteiger partial charge in [0, 0.05) is 18.3 Å². The minimum absolute atomic E-state index is 0.0460. The fourth-order valence-corrected chi connectivity index (χ4v) is 3.64. The number of benzene rings is 3. The summed E-state index contributed by atoms with van der Waals surface area (Å²) < 4.78 is 20.3. The van der Waals surface area contributed by atoms with Crippen molar-refractivity contribution in [2.75, 3.05) is 5.32 Å². The number of halogens is 2. The summed E-state index contributed by atoms with van der Waals surface area (Å²) >= 11 is 5.97. The van der Waals surface area contributed by atoms with Gasteiger partial charge in [-0.3, -0.25) is 4.79 Å². The van der Waals surface area contributed by atoms with Crippen LogP contribution in [-0.2, 0) is 13.5 Å². The fourth-order valence-electron chi connectivity index (χ4n) is 3.39. The highest BCUT2D eigenvalue weighted by Gasteiger charge is 2.16. The zero-order valence-corrected chi connectivity index (χ0v) is 18.1. The standard InChI is InChI=1S/C24H19ClFN3O3/c1-3-14-7-8-16(23-28-29(2)24(31)32-23)13-18(14)15-9-11-17(12-10-15)27-22(30)21-19(25)5-4-6-20(21)26/h4-13H,3H2,1-2H3,(H,27,30). The topological polar surface area (TPSA) is 77.1 Å². The van der Waals surface area contributed by atoms with Crippen LogP contribution in [-0.4, -0.2) is 15.7 Å². The second-order valence-electron chi connectivity index (χ2n) is 7.15. The molecule has 0 aliphatic carbocycles. The van der Waals surface area contributed by atoms with Crippen LogP contribution in [0.4, 0.5) is 10.1 Å². The van der Waals surface area contributed by atoms with Crippen LogP contribution < -0.4 is 11.1 Å². The number of nitrogens with zero attached hydrogens (tertiary/aromatic N) is 2. The molecule has 0 spiro atoms. The van der Waals surface area contributed by atoms with Gasteiger partial charge in [-0.2, -0.15) is 4.68 Å². The molecule has 0 aliphatic rings. The van der Waals surface area contributed by atoms with Crippen molar-refractivity contribution in [1.29, 1.82) is 0 Å². The van der Waals surface area contributed by atoms with Crippen molar-refractivity contribution < 1.29 is 13.6 Å². The second-order valence-corrected chi connectivity index (χ2v) is 7.56. The first-order chi connectivity index (χ1) is 15.4. The SMILES string of the molecule is CCc1ccc(-c2nn(C)c(=O)o2)cc1-c1ccc(NC(=O)c2c(F)cccc2Cl)cc1. The highest BCUT2D eigenvalue weighted by Crippen LogP contribution is 2.30. The summed E-state index contributed by atoms with van der Waals surface area (Å²) in [5, 5.41) is 6.82. The Hall–Kier alpha value is -3.71. The number of hydrogen-bond donors (Lipinski definition) is 1.